The maximum atomic E-state index is 2.67. The van der Waals surface area contributed by atoms with E-state index in [-0.39, 0.29) is 0 Å². The number of fused-ring (bicyclic) bond motifs is 7. The molecule has 150 valence electrons. The number of hydrogen-bond acceptors (Lipinski definition) is 0. The summed E-state index contributed by atoms with van der Waals surface area (Å²) in [5.74, 6) is 1.56. The largest absolute Gasteiger partial charge is 0.257 e. The van der Waals surface area contributed by atoms with Gasteiger partial charge in [-0.05, 0) is 17.5 Å². The molecule has 2 aromatic carbocycles. The Morgan fingerprint density at radius 3 is 2.31 bits per heavy atom. The second kappa shape index (κ2) is 8.18. The number of imidazole rings is 1. The second-order valence-corrected chi connectivity index (χ2v) is 8.75. The predicted molar refractivity (Wildman–Crippen MR) is 120 cm³/mol. The van der Waals surface area contributed by atoms with E-state index in [1.807, 2.05) is 0 Å². The van der Waals surface area contributed by atoms with Crippen LogP contribution >= 0.6 is 0 Å². The SMILES string of the molecule is CCCCCCCCc1n2c(c3[n+]1CCc1ccccc1-3)-c1ccccc1CC2. The molecule has 1 aromatic heterocycles. The maximum Gasteiger partial charge on any atom is 0.257 e. The zero-order chi connectivity index (χ0) is 19.6. The van der Waals surface area contributed by atoms with E-state index >= 15 is 0 Å². The minimum absolute atomic E-state index is 1.12. The smallest absolute Gasteiger partial charge is 0.226 e. The number of aryl methyl sites for hydroxylation is 2. The molecule has 0 saturated heterocycles. The molecule has 0 N–H and O–H groups in total. The van der Waals surface area contributed by atoms with Crippen LogP contribution in [0.15, 0.2) is 48.5 Å². The maximum absolute atomic E-state index is 2.67. The summed E-state index contributed by atoms with van der Waals surface area (Å²) < 4.78 is 5.34. The molecule has 2 nitrogen and oxygen atoms in total. The Hall–Kier alpha value is -2.35. The highest BCUT2D eigenvalue weighted by Crippen LogP contribution is 2.40. The van der Waals surface area contributed by atoms with Crippen LogP contribution in [0.25, 0.3) is 22.5 Å². The zero-order valence-electron chi connectivity index (χ0n) is 17.8. The topological polar surface area (TPSA) is 8.81 Å². The molecule has 5 rings (SSSR count). The van der Waals surface area contributed by atoms with Gasteiger partial charge in [0.1, 0.15) is 0 Å². The van der Waals surface area contributed by atoms with E-state index in [1.54, 1.807) is 5.82 Å². The Bertz CT molecular complexity index is 938. The van der Waals surface area contributed by atoms with Crippen LogP contribution in [-0.4, -0.2) is 4.57 Å². The molecule has 3 heterocycles. The Kier molecular flexibility index (Phi) is 5.26. The van der Waals surface area contributed by atoms with E-state index in [0.717, 1.165) is 25.9 Å². The quantitative estimate of drug-likeness (QED) is 0.342. The molecular weight excluding hydrogens is 352 g/mol. The summed E-state index contributed by atoms with van der Waals surface area (Å²) in [6, 6.07) is 18.1. The van der Waals surface area contributed by atoms with E-state index in [1.165, 1.54) is 78.6 Å². The van der Waals surface area contributed by atoms with Gasteiger partial charge in [-0.25, -0.2) is 9.13 Å². The fourth-order valence-corrected chi connectivity index (χ4v) is 5.42. The van der Waals surface area contributed by atoms with Crippen molar-refractivity contribution in [3.05, 3.63) is 65.5 Å². The zero-order valence-corrected chi connectivity index (χ0v) is 17.8. The minimum atomic E-state index is 1.12. The van der Waals surface area contributed by atoms with E-state index in [4.69, 9.17) is 0 Å². The molecule has 0 fully saturated rings. The predicted octanol–water partition coefficient (Wildman–Crippen LogP) is 6.12. The van der Waals surface area contributed by atoms with Crippen molar-refractivity contribution in [1.29, 1.82) is 0 Å². The summed E-state index contributed by atoms with van der Waals surface area (Å²) >= 11 is 0. The third kappa shape index (κ3) is 3.33. The van der Waals surface area contributed by atoms with Crippen LogP contribution in [0, 0.1) is 0 Å². The van der Waals surface area contributed by atoms with Gasteiger partial charge in [0.15, 0.2) is 11.4 Å². The van der Waals surface area contributed by atoms with Crippen molar-refractivity contribution < 1.29 is 4.57 Å². The van der Waals surface area contributed by atoms with Crippen LogP contribution in [0.1, 0.15) is 62.4 Å². The fraction of sp³-hybridized carbons (Fsp3) is 0.444. The molecule has 29 heavy (non-hydrogen) atoms. The Morgan fingerprint density at radius 1 is 0.793 bits per heavy atom. The Labute approximate surface area is 175 Å². The van der Waals surface area contributed by atoms with Gasteiger partial charge in [-0.15, -0.1) is 0 Å². The molecule has 2 aliphatic rings. The number of aromatic nitrogens is 2. The van der Waals surface area contributed by atoms with Crippen molar-refractivity contribution in [3.8, 4) is 22.5 Å². The highest BCUT2D eigenvalue weighted by Gasteiger charge is 2.37. The molecule has 0 saturated carbocycles. The Balaban J connectivity index is 1.55. The molecule has 0 unspecified atom stereocenters. The lowest BCUT2D eigenvalue weighted by molar-refractivity contribution is -0.694. The van der Waals surface area contributed by atoms with Gasteiger partial charge < -0.3 is 0 Å². The summed E-state index contributed by atoms with van der Waals surface area (Å²) in [6.07, 6.45) is 11.7. The van der Waals surface area contributed by atoms with Gasteiger partial charge in [-0.3, -0.25) is 0 Å². The van der Waals surface area contributed by atoms with Gasteiger partial charge in [-0.1, -0.05) is 87.6 Å². The summed E-state index contributed by atoms with van der Waals surface area (Å²) in [5, 5.41) is 0. The van der Waals surface area contributed by atoms with E-state index in [2.05, 4.69) is 64.6 Å². The van der Waals surface area contributed by atoms with Crippen LogP contribution in [0.5, 0.6) is 0 Å². The van der Waals surface area contributed by atoms with Crippen LogP contribution in [0.3, 0.4) is 0 Å². The molecule has 0 bridgehead atoms. The molecule has 2 aliphatic heterocycles. The van der Waals surface area contributed by atoms with Crippen molar-refractivity contribution in [3.63, 3.8) is 0 Å². The molecule has 2 heteroatoms. The summed E-state index contributed by atoms with van der Waals surface area (Å²) in [4.78, 5) is 0. The molecule has 0 spiro atoms. The number of rotatable bonds is 7. The lowest BCUT2D eigenvalue weighted by Crippen LogP contribution is -2.42. The third-order valence-corrected chi connectivity index (χ3v) is 6.90. The monoisotopic (exact) mass is 385 g/mol. The third-order valence-electron chi connectivity index (χ3n) is 6.90. The molecule has 3 aromatic rings. The van der Waals surface area contributed by atoms with E-state index in [9.17, 15) is 0 Å². The normalized spacial score (nSPS) is 14.1. The average Bonchev–Trinajstić information content (AvgIpc) is 3.10. The van der Waals surface area contributed by atoms with Crippen LogP contribution < -0.4 is 4.57 Å². The molecule has 0 radical (unpaired) electrons. The highest BCUT2D eigenvalue weighted by molar-refractivity contribution is 5.81. The lowest BCUT2D eigenvalue weighted by Gasteiger charge is -2.17. The van der Waals surface area contributed by atoms with Gasteiger partial charge in [0, 0.05) is 30.4 Å². The second-order valence-electron chi connectivity index (χ2n) is 8.75. The van der Waals surface area contributed by atoms with Crippen molar-refractivity contribution in [2.75, 3.05) is 0 Å². The van der Waals surface area contributed by atoms with Crippen LogP contribution in [-0.2, 0) is 32.4 Å². The van der Waals surface area contributed by atoms with Crippen molar-refractivity contribution in [2.24, 2.45) is 0 Å². The van der Waals surface area contributed by atoms with Gasteiger partial charge in [0.2, 0.25) is 0 Å². The first-order valence-corrected chi connectivity index (χ1v) is 11.7. The average molecular weight is 386 g/mol. The highest BCUT2D eigenvalue weighted by atomic mass is 15.2. The van der Waals surface area contributed by atoms with Gasteiger partial charge >= 0.3 is 0 Å². The van der Waals surface area contributed by atoms with E-state index in [0.29, 0.717) is 0 Å². The van der Waals surface area contributed by atoms with Gasteiger partial charge in [-0.2, -0.15) is 0 Å². The standard InChI is InChI=1S/C27H33N2/c1-2-3-4-5-6-7-16-25-28-19-17-21-12-8-10-14-23(21)26(28)27-24-15-11-9-13-22(24)18-20-29(25)27/h8-15H,2-7,16-20H2,1H3/q+1. The Morgan fingerprint density at radius 2 is 1.48 bits per heavy atom. The summed E-state index contributed by atoms with van der Waals surface area (Å²) in [6.45, 7) is 4.55. The van der Waals surface area contributed by atoms with Crippen molar-refractivity contribution >= 4 is 0 Å². The number of benzene rings is 2. The number of nitrogens with zero attached hydrogens (tertiary/aromatic N) is 2. The van der Waals surface area contributed by atoms with Crippen LogP contribution in [0.4, 0.5) is 0 Å². The van der Waals surface area contributed by atoms with E-state index < -0.39 is 0 Å². The first-order chi connectivity index (χ1) is 14.4. The summed E-state index contributed by atoms with van der Waals surface area (Å²) in [7, 11) is 0. The van der Waals surface area contributed by atoms with Crippen LogP contribution in [0.2, 0.25) is 0 Å². The number of unbranched alkanes of at least 4 members (excludes halogenated alkanes) is 5. The van der Waals surface area contributed by atoms with Crippen molar-refractivity contribution in [2.45, 2.75) is 77.8 Å². The minimum Gasteiger partial charge on any atom is -0.226 e. The lowest BCUT2D eigenvalue weighted by atomic mass is 9.92. The molecular formula is C27H33N2+. The first kappa shape index (κ1) is 18.7. The molecule has 0 amide bonds. The van der Waals surface area contributed by atoms with Gasteiger partial charge in [0.25, 0.3) is 5.82 Å². The first-order valence-electron chi connectivity index (χ1n) is 11.7. The van der Waals surface area contributed by atoms with Crippen molar-refractivity contribution in [1.82, 2.24) is 4.57 Å². The molecule has 0 atom stereocenters. The number of hydrogen-bond donors (Lipinski definition) is 0. The fourth-order valence-electron chi connectivity index (χ4n) is 5.42. The molecule has 0 aliphatic carbocycles. The van der Waals surface area contributed by atoms with Gasteiger partial charge in [0.05, 0.1) is 13.1 Å². The summed E-state index contributed by atoms with van der Waals surface area (Å²) in [5.41, 5.74) is 8.87.